The van der Waals surface area contributed by atoms with Crippen LogP contribution in [-0.2, 0) is 19.4 Å². The van der Waals surface area contributed by atoms with E-state index in [0.717, 1.165) is 51.7 Å². The van der Waals surface area contributed by atoms with E-state index >= 15 is 0 Å². The van der Waals surface area contributed by atoms with Gasteiger partial charge in [0.1, 0.15) is 18.2 Å². The van der Waals surface area contributed by atoms with Crippen LogP contribution in [0.3, 0.4) is 0 Å². The molecule has 2 aliphatic rings. The van der Waals surface area contributed by atoms with Crippen LogP contribution < -0.4 is 22.2 Å². The molecule has 1 heterocycles. The van der Waals surface area contributed by atoms with E-state index in [1.165, 1.54) is 47.7 Å². The SMILES string of the molecule is C/C=C\C.CC.CC.CC.CC(Cc1cccc(OCc2ccc3ccccc3n2)c1)c1cccc(C(=N)N=NN)c1.CC/C=C/C(C)CC.Cc1ccccc1C.N/N=C(\N)Cc1ccccc1.N=C/C=C\C1=C2CC2C=C1. The number of nitrogens with two attached hydrogens (primary N) is 3. The average Bonchev–Trinajstić information content (AvgIpc) is 4.20. The van der Waals surface area contributed by atoms with Crippen molar-refractivity contribution >= 4 is 28.8 Å². The van der Waals surface area contributed by atoms with Crippen molar-refractivity contribution in [2.75, 3.05) is 0 Å². The van der Waals surface area contributed by atoms with E-state index < -0.39 is 0 Å². The van der Waals surface area contributed by atoms with Crippen molar-refractivity contribution in [3.8, 4) is 5.75 Å². The van der Waals surface area contributed by atoms with E-state index in [2.05, 4.69) is 141 Å². The second-order valence-electron chi connectivity index (χ2n) is 17.7. The third-order valence-corrected chi connectivity index (χ3v) is 11.8. The Morgan fingerprint density at radius 1 is 0.759 bits per heavy atom. The monoisotopic (exact) mass is 1070 g/mol. The van der Waals surface area contributed by atoms with Crippen LogP contribution in [0.15, 0.2) is 215 Å². The van der Waals surface area contributed by atoms with Crippen molar-refractivity contribution in [1.29, 1.82) is 10.8 Å². The fourth-order valence-electron chi connectivity index (χ4n) is 7.04. The summed E-state index contributed by atoms with van der Waals surface area (Å²) in [6.07, 6.45) is 23.1. The minimum absolute atomic E-state index is 0.0549. The van der Waals surface area contributed by atoms with E-state index in [9.17, 15) is 0 Å². The second kappa shape index (κ2) is 45.1. The largest absolute Gasteiger partial charge is 0.487 e. The summed E-state index contributed by atoms with van der Waals surface area (Å²) in [4.78, 5) is 4.67. The van der Waals surface area contributed by atoms with Gasteiger partial charge in [-0.2, -0.15) is 5.10 Å². The number of aryl methyl sites for hydroxylation is 2. The molecular formula is C69H97N9O. The third-order valence-electron chi connectivity index (χ3n) is 11.8. The highest BCUT2D eigenvalue weighted by molar-refractivity contribution is 5.96. The number of hydrazone groups is 1. The van der Waals surface area contributed by atoms with Gasteiger partial charge in [-0.05, 0) is 129 Å². The Bertz CT molecular complexity index is 2780. The lowest BCUT2D eigenvalue weighted by molar-refractivity contribution is 0.301. The molecule has 1 saturated carbocycles. The first-order chi connectivity index (χ1) is 38.4. The van der Waals surface area contributed by atoms with Crippen LogP contribution in [0.25, 0.3) is 10.9 Å². The predicted octanol–water partition coefficient (Wildman–Crippen LogP) is 18.3. The Labute approximate surface area is 477 Å². The maximum atomic E-state index is 7.92. The Balaban J connectivity index is 0.00000106. The molecule has 10 heteroatoms. The van der Waals surface area contributed by atoms with Gasteiger partial charge in [0.2, 0.25) is 0 Å². The first-order valence-corrected chi connectivity index (χ1v) is 28.2. The van der Waals surface area contributed by atoms with Gasteiger partial charge in [-0.15, -0.1) is 5.11 Å². The minimum Gasteiger partial charge on any atom is -0.487 e. The summed E-state index contributed by atoms with van der Waals surface area (Å²) in [5.41, 5.74) is 17.1. The smallest absolute Gasteiger partial charge is 0.176 e. The number of amidine groups is 2. The summed E-state index contributed by atoms with van der Waals surface area (Å²) in [7, 11) is 0. The van der Waals surface area contributed by atoms with E-state index in [1.54, 1.807) is 11.6 Å². The lowest BCUT2D eigenvalue weighted by Crippen LogP contribution is -2.16. The van der Waals surface area contributed by atoms with Gasteiger partial charge in [0, 0.05) is 29.5 Å². The van der Waals surface area contributed by atoms with Crippen molar-refractivity contribution in [2.45, 2.75) is 142 Å². The Kier molecular flexibility index (Phi) is 40.5. The van der Waals surface area contributed by atoms with Gasteiger partial charge in [0.15, 0.2) is 5.84 Å². The quantitative estimate of drug-likeness (QED) is 0.0181. The normalized spacial score (nSPS) is 13.2. The van der Waals surface area contributed by atoms with Crippen molar-refractivity contribution in [2.24, 2.45) is 44.7 Å². The molecule has 0 bridgehead atoms. The first kappa shape index (κ1) is 71.0. The van der Waals surface area contributed by atoms with E-state index in [4.69, 9.17) is 33.0 Å². The Morgan fingerprint density at radius 3 is 1.94 bits per heavy atom. The molecule has 0 spiro atoms. The van der Waals surface area contributed by atoms with Gasteiger partial charge in [-0.1, -0.05) is 238 Å². The van der Waals surface area contributed by atoms with Crippen LogP contribution >= 0.6 is 0 Å². The van der Waals surface area contributed by atoms with Gasteiger partial charge < -0.3 is 27.6 Å². The number of allylic oxidation sites excluding steroid dienone is 10. The van der Waals surface area contributed by atoms with Crippen LogP contribution in [0.5, 0.6) is 5.75 Å². The topological polar surface area (TPSA) is 185 Å². The zero-order chi connectivity index (χ0) is 59.2. The van der Waals surface area contributed by atoms with Gasteiger partial charge >= 0.3 is 0 Å². The van der Waals surface area contributed by atoms with Gasteiger partial charge in [0.25, 0.3) is 0 Å². The van der Waals surface area contributed by atoms with Crippen LogP contribution in [-0.4, -0.2) is 22.9 Å². The van der Waals surface area contributed by atoms with E-state index in [0.29, 0.717) is 24.4 Å². The lowest BCUT2D eigenvalue weighted by atomic mass is 9.92. The number of nitrogens with zero attached hydrogens (tertiary/aromatic N) is 4. The average molecular weight is 1070 g/mol. The van der Waals surface area contributed by atoms with Crippen molar-refractivity contribution in [1.82, 2.24) is 4.98 Å². The standard InChI is InChI=1S/C26H25N5O.C9H9N.C8H11N3.C8H10.C8H16.C4H8.3C2H6/c1-18(21-8-5-9-22(16-21)26(27)30-31-28)14-19-6-4-10-24(15-19)32-17-23-13-12-20-7-2-3-11-25(20)29-23;10-5-1-2-7-3-4-8-6-9(7)8;9-8(11-10)6-7-4-2-1-3-5-7;1-7-5-3-4-6-8(7)2;1-4-6-7-8(3)5-2;1-3-4-2;3*1-2/h2-13,15-16,18H,14,17H2,1H3,(H3,27,28,30);1-5,8,10H,6H2;1-5H,6,10H2,(H2,9,11);3-6H,1-2H3;6-8H,4-5H2,1-3H3;3-4H,1-2H3;3*1-2H3/b;2-1-,10-5?;;;7-6+;4-3-;;;. The summed E-state index contributed by atoms with van der Waals surface area (Å²) in [6, 6.07) is 46.3. The van der Waals surface area contributed by atoms with Crippen LogP contribution in [0.1, 0.15) is 147 Å². The molecule has 8 N–H and O–H groups in total. The third kappa shape index (κ3) is 30.5. The Hall–Kier alpha value is -7.98. The number of aromatic nitrogens is 1. The second-order valence-corrected chi connectivity index (χ2v) is 17.7. The molecule has 5 aromatic carbocycles. The lowest BCUT2D eigenvalue weighted by Gasteiger charge is -2.14. The minimum atomic E-state index is 0.0549. The molecule has 3 atom stereocenters. The molecule has 424 valence electrons. The summed E-state index contributed by atoms with van der Waals surface area (Å²) in [5.74, 6) is 13.2. The number of benzene rings is 5. The fourth-order valence-corrected chi connectivity index (χ4v) is 7.04. The summed E-state index contributed by atoms with van der Waals surface area (Å²) < 4.78 is 6.02. The molecule has 2 aliphatic carbocycles. The van der Waals surface area contributed by atoms with Crippen molar-refractivity contribution < 1.29 is 4.74 Å². The van der Waals surface area contributed by atoms with Gasteiger partial charge in [0.05, 0.1) is 11.2 Å². The zero-order valence-corrected chi connectivity index (χ0v) is 50.4. The molecule has 0 amide bonds. The number of hydrogen-bond donors (Lipinski definition) is 5. The molecule has 0 aliphatic heterocycles. The first-order valence-electron chi connectivity index (χ1n) is 28.2. The molecule has 10 nitrogen and oxygen atoms in total. The molecular weight excluding hydrogens is 971 g/mol. The summed E-state index contributed by atoms with van der Waals surface area (Å²) in [5, 5.41) is 26.0. The number of para-hydroxylation sites is 1. The summed E-state index contributed by atoms with van der Waals surface area (Å²) in [6.45, 7) is 29.4. The van der Waals surface area contributed by atoms with Crippen molar-refractivity contribution in [3.05, 3.63) is 238 Å². The number of pyridine rings is 1. The van der Waals surface area contributed by atoms with Crippen LogP contribution in [0.2, 0.25) is 0 Å². The maximum Gasteiger partial charge on any atom is 0.176 e. The molecule has 1 fully saturated rings. The Morgan fingerprint density at radius 2 is 1.38 bits per heavy atom. The maximum absolute atomic E-state index is 7.92. The fraction of sp³-hybridized carbons (Fsp3) is 0.333. The molecule has 3 unspecified atom stereocenters. The van der Waals surface area contributed by atoms with E-state index in [1.807, 2.05) is 159 Å². The van der Waals surface area contributed by atoms with Gasteiger partial charge in [-0.3, -0.25) is 5.41 Å². The highest BCUT2D eigenvalue weighted by atomic mass is 16.5. The molecule has 0 radical (unpaired) electrons. The highest BCUT2D eigenvalue weighted by Gasteiger charge is 2.32. The van der Waals surface area contributed by atoms with Crippen molar-refractivity contribution in [3.63, 3.8) is 0 Å². The number of nitrogens with one attached hydrogen (secondary N) is 2. The predicted molar refractivity (Wildman–Crippen MR) is 344 cm³/mol. The number of hydrogen-bond acceptors (Lipinski definition) is 7. The van der Waals surface area contributed by atoms with Gasteiger partial charge in [-0.25, -0.2) is 4.98 Å². The number of ether oxygens (including phenoxy) is 1. The molecule has 79 heavy (non-hydrogen) atoms. The zero-order valence-electron chi connectivity index (χ0n) is 50.4. The molecule has 6 aromatic rings. The van der Waals surface area contributed by atoms with E-state index in [-0.39, 0.29) is 11.8 Å². The molecule has 8 rings (SSSR count). The van der Waals surface area contributed by atoms with Crippen LogP contribution in [0.4, 0.5) is 0 Å². The number of rotatable bonds is 14. The molecule has 0 saturated heterocycles. The highest BCUT2D eigenvalue weighted by Crippen LogP contribution is 2.46. The molecule has 1 aromatic heterocycles. The number of fused-ring (bicyclic) bond motifs is 2. The van der Waals surface area contributed by atoms with Crippen LogP contribution in [0, 0.1) is 36.5 Å². The summed E-state index contributed by atoms with van der Waals surface area (Å²) >= 11 is 0.